The number of nitrogens with zero attached hydrogens (tertiary/aromatic N) is 2. The van der Waals surface area contributed by atoms with Gasteiger partial charge in [0, 0.05) is 24.8 Å². The van der Waals surface area contributed by atoms with Crippen LogP contribution in [-0.2, 0) is 23.1 Å². The van der Waals surface area contributed by atoms with E-state index in [1.165, 1.54) is 0 Å². The fourth-order valence-electron chi connectivity index (χ4n) is 1.24. The van der Waals surface area contributed by atoms with E-state index >= 15 is 0 Å². The van der Waals surface area contributed by atoms with Gasteiger partial charge in [-0.05, 0) is 27.7 Å². The van der Waals surface area contributed by atoms with Crippen molar-refractivity contribution in [3.8, 4) is 0 Å². The standard InChI is InChI=1S/C12H21N3O2/c1-9-10(7-14-15(9)5)6-13-11(16)8-17-12(2,3)4/h7H,6,8H2,1-5H3,(H,13,16). The maximum absolute atomic E-state index is 11.5. The molecule has 0 fully saturated rings. The first-order valence-corrected chi connectivity index (χ1v) is 5.68. The second kappa shape index (κ2) is 5.31. The topological polar surface area (TPSA) is 56.1 Å². The molecule has 0 aliphatic rings. The number of ether oxygens (including phenoxy) is 1. The fourth-order valence-corrected chi connectivity index (χ4v) is 1.24. The zero-order valence-corrected chi connectivity index (χ0v) is 11.2. The van der Waals surface area contributed by atoms with E-state index in [0.717, 1.165) is 11.3 Å². The molecule has 0 atom stereocenters. The number of rotatable bonds is 4. The van der Waals surface area contributed by atoms with Crippen LogP contribution in [0.2, 0.25) is 0 Å². The smallest absolute Gasteiger partial charge is 0.246 e. The van der Waals surface area contributed by atoms with Crippen molar-refractivity contribution in [1.29, 1.82) is 0 Å². The average Bonchev–Trinajstić information content (AvgIpc) is 2.53. The number of carbonyl (C=O) groups excluding carboxylic acids is 1. The summed E-state index contributed by atoms with van der Waals surface area (Å²) < 4.78 is 7.17. The van der Waals surface area contributed by atoms with Gasteiger partial charge in [-0.25, -0.2) is 0 Å². The number of hydrogen-bond acceptors (Lipinski definition) is 3. The summed E-state index contributed by atoms with van der Waals surface area (Å²) in [6, 6.07) is 0. The normalized spacial score (nSPS) is 11.6. The van der Waals surface area contributed by atoms with Gasteiger partial charge in [0.1, 0.15) is 6.61 Å². The van der Waals surface area contributed by atoms with E-state index in [9.17, 15) is 4.79 Å². The van der Waals surface area contributed by atoms with E-state index in [4.69, 9.17) is 4.74 Å². The zero-order valence-electron chi connectivity index (χ0n) is 11.2. The van der Waals surface area contributed by atoms with Crippen LogP contribution in [0.25, 0.3) is 0 Å². The van der Waals surface area contributed by atoms with Crippen LogP contribution in [0.4, 0.5) is 0 Å². The van der Waals surface area contributed by atoms with Gasteiger partial charge in [0.2, 0.25) is 5.91 Å². The molecule has 0 aliphatic heterocycles. The number of hydrogen-bond donors (Lipinski definition) is 1. The van der Waals surface area contributed by atoms with Gasteiger partial charge in [-0.1, -0.05) is 0 Å². The van der Waals surface area contributed by atoms with Crippen molar-refractivity contribution in [1.82, 2.24) is 15.1 Å². The largest absolute Gasteiger partial charge is 0.366 e. The van der Waals surface area contributed by atoms with E-state index in [1.54, 1.807) is 10.9 Å². The third-order valence-electron chi connectivity index (χ3n) is 2.45. The highest BCUT2D eigenvalue weighted by molar-refractivity contribution is 5.77. The van der Waals surface area contributed by atoms with Crippen molar-refractivity contribution < 1.29 is 9.53 Å². The third-order valence-corrected chi connectivity index (χ3v) is 2.45. The monoisotopic (exact) mass is 239 g/mol. The van der Waals surface area contributed by atoms with E-state index in [-0.39, 0.29) is 18.1 Å². The molecule has 1 amide bonds. The van der Waals surface area contributed by atoms with Crippen molar-refractivity contribution >= 4 is 5.91 Å². The molecule has 0 aliphatic carbocycles. The Bertz CT molecular complexity index is 391. The molecule has 1 aromatic rings. The lowest BCUT2D eigenvalue weighted by Gasteiger charge is -2.18. The maximum atomic E-state index is 11.5. The molecule has 0 spiro atoms. The first kappa shape index (κ1) is 13.7. The summed E-state index contributed by atoms with van der Waals surface area (Å²) in [6.45, 7) is 8.32. The summed E-state index contributed by atoms with van der Waals surface area (Å²) in [7, 11) is 1.88. The van der Waals surface area contributed by atoms with Crippen molar-refractivity contribution in [2.75, 3.05) is 6.61 Å². The highest BCUT2D eigenvalue weighted by atomic mass is 16.5. The Hall–Kier alpha value is -1.36. The Labute approximate surface area is 102 Å². The number of nitrogens with one attached hydrogen (secondary N) is 1. The molecule has 0 saturated carbocycles. The second-order valence-electron chi connectivity index (χ2n) is 5.06. The molecule has 0 radical (unpaired) electrons. The third kappa shape index (κ3) is 4.56. The molecule has 96 valence electrons. The lowest BCUT2D eigenvalue weighted by molar-refractivity contribution is -0.130. The van der Waals surface area contributed by atoms with E-state index in [2.05, 4.69) is 10.4 Å². The van der Waals surface area contributed by atoms with E-state index in [0.29, 0.717) is 6.54 Å². The second-order valence-corrected chi connectivity index (χ2v) is 5.06. The summed E-state index contributed by atoms with van der Waals surface area (Å²) in [5, 5.41) is 6.92. The lowest BCUT2D eigenvalue weighted by Crippen LogP contribution is -2.31. The van der Waals surface area contributed by atoms with Gasteiger partial charge in [-0.3, -0.25) is 9.48 Å². The molecule has 1 N–H and O–H groups in total. The summed E-state index contributed by atoms with van der Waals surface area (Å²) in [5.41, 5.74) is 1.79. The highest BCUT2D eigenvalue weighted by Gasteiger charge is 2.13. The number of aromatic nitrogens is 2. The molecular weight excluding hydrogens is 218 g/mol. The Morgan fingerprint density at radius 3 is 2.65 bits per heavy atom. The molecule has 1 aromatic heterocycles. The van der Waals surface area contributed by atoms with E-state index < -0.39 is 0 Å². The molecule has 0 saturated heterocycles. The summed E-state index contributed by atoms with van der Waals surface area (Å²) >= 11 is 0. The van der Waals surface area contributed by atoms with Crippen molar-refractivity contribution in [3.63, 3.8) is 0 Å². The highest BCUT2D eigenvalue weighted by Crippen LogP contribution is 2.06. The van der Waals surface area contributed by atoms with Crippen LogP contribution in [-0.4, -0.2) is 27.9 Å². The molecule has 17 heavy (non-hydrogen) atoms. The molecule has 5 nitrogen and oxygen atoms in total. The zero-order chi connectivity index (χ0) is 13.1. The predicted molar refractivity (Wildman–Crippen MR) is 65.5 cm³/mol. The van der Waals surface area contributed by atoms with Crippen LogP contribution in [0.1, 0.15) is 32.0 Å². The first-order chi connectivity index (χ1) is 7.79. The van der Waals surface area contributed by atoms with Crippen molar-refractivity contribution in [2.24, 2.45) is 7.05 Å². The van der Waals surface area contributed by atoms with Crippen LogP contribution < -0.4 is 5.32 Å². The van der Waals surface area contributed by atoms with Gasteiger partial charge in [0.25, 0.3) is 0 Å². The quantitative estimate of drug-likeness (QED) is 0.857. The van der Waals surface area contributed by atoms with Gasteiger partial charge in [0.05, 0.1) is 11.8 Å². The van der Waals surface area contributed by atoms with E-state index in [1.807, 2.05) is 34.7 Å². The number of carbonyl (C=O) groups is 1. The summed E-state index contributed by atoms with van der Waals surface area (Å²) in [5.74, 6) is -0.108. The van der Waals surface area contributed by atoms with Gasteiger partial charge in [-0.15, -0.1) is 0 Å². The predicted octanol–water partition coefficient (Wildman–Crippen LogP) is 1.16. The number of aryl methyl sites for hydroxylation is 1. The van der Waals surface area contributed by atoms with Crippen LogP contribution in [0.3, 0.4) is 0 Å². The Morgan fingerprint density at radius 1 is 1.53 bits per heavy atom. The lowest BCUT2D eigenvalue weighted by atomic mass is 10.2. The summed E-state index contributed by atoms with van der Waals surface area (Å²) in [4.78, 5) is 11.5. The van der Waals surface area contributed by atoms with Crippen LogP contribution in [0.15, 0.2) is 6.20 Å². The minimum Gasteiger partial charge on any atom is -0.366 e. The van der Waals surface area contributed by atoms with Gasteiger partial charge >= 0.3 is 0 Å². The molecule has 1 rings (SSSR count). The van der Waals surface area contributed by atoms with Crippen LogP contribution in [0.5, 0.6) is 0 Å². The Morgan fingerprint density at radius 2 is 2.18 bits per heavy atom. The van der Waals surface area contributed by atoms with Gasteiger partial charge in [-0.2, -0.15) is 5.10 Å². The van der Waals surface area contributed by atoms with Crippen molar-refractivity contribution in [2.45, 2.75) is 39.8 Å². The Kier molecular flexibility index (Phi) is 4.28. The van der Waals surface area contributed by atoms with Crippen LogP contribution >= 0.6 is 0 Å². The maximum Gasteiger partial charge on any atom is 0.246 e. The SMILES string of the molecule is Cc1c(CNC(=O)COC(C)(C)C)cnn1C. The Balaban J connectivity index is 2.36. The summed E-state index contributed by atoms with van der Waals surface area (Å²) in [6.07, 6.45) is 1.76. The van der Waals surface area contributed by atoms with Gasteiger partial charge in [0.15, 0.2) is 0 Å². The molecule has 0 bridgehead atoms. The fraction of sp³-hybridized carbons (Fsp3) is 0.667. The molecule has 1 heterocycles. The molecular formula is C12H21N3O2. The molecule has 5 heteroatoms. The average molecular weight is 239 g/mol. The minimum atomic E-state index is -0.290. The van der Waals surface area contributed by atoms with Crippen LogP contribution in [0, 0.1) is 6.92 Å². The number of amides is 1. The first-order valence-electron chi connectivity index (χ1n) is 5.68. The van der Waals surface area contributed by atoms with Gasteiger partial charge < -0.3 is 10.1 Å². The molecule has 0 aromatic carbocycles. The van der Waals surface area contributed by atoms with Crippen molar-refractivity contribution in [3.05, 3.63) is 17.5 Å². The molecule has 0 unspecified atom stereocenters. The minimum absolute atomic E-state index is 0.0861.